The number of fused-ring (bicyclic) bond motifs is 2. The SMILES string of the molecule is CSc1nc(Cl)c2c(n1)Sc1nnc(-c3ccccc3)n1N=C2. The molecule has 0 saturated carbocycles. The van der Waals surface area contributed by atoms with Gasteiger partial charge >= 0.3 is 0 Å². The van der Waals surface area contributed by atoms with E-state index in [1.165, 1.54) is 23.5 Å². The van der Waals surface area contributed by atoms with Crippen LogP contribution in [0.15, 0.2) is 50.8 Å². The molecule has 1 aliphatic rings. The molecular weight excluding hydrogens is 352 g/mol. The second-order valence-electron chi connectivity index (χ2n) is 4.55. The van der Waals surface area contributed by atoms with Crippen molar-refractivity contribution in [3.05, 3.63) is 41.0 Å². The Hall–Kier alpha value is -1.90. The van der Waals surface area contributed by atoms with Crippen LogP contribution in [0.25, 0.3) is 11.4 Å². The van der Waals surface area contributed by atoms with Crippen molar-refractivity contribution in [2.75, 3.05) is 6.26 Å². The maximum absolute atomic E-state index is 6.25. The van der Waals surface area contributed by atoms with E-state index in [2.05, 4.69) is 25.3 Å². The van der Waals surface area contributed by atoms with E-state index in [0.29, 0.717) is 26.9 Å². The molecule has 6 nitrogen and oxygen atoms in total. The van der Waals surface area contributed by atoms with Gasteiger partial charge in [-0.25, -0.2) is 9.97 Å². The lowest BCUT2D eigenvalue weighted by atomic mass is 10.2. The highest BCUT2D eigenvalue weighted by Crippen LogP contribution is 2.35. The maximum atomic E-state index is 6.25. The fraction of sp³-hybridized carbons (Fsp3) is 0.0714. The molecule has 0 atom stereocenters. The van der Waals surface area contributed by atoms with Crippen molar-refractivity contribution < 1.29 is 0 Å². The Kier molecular flexibility index (Phi) is 3.80. The van der Waals surface area contributed by atoms with Crippen LogP contribution in [0.3, 0.4) is 0 Å². The first kappa shape index (κ1) is 14.7. The summed E-state index contributed by atoms with van der Waals surface area (Å²) in [5, 5.41) is 15.3. The fourth-order valence-electron chi connectivity index (χ4n) is 2.08. The summed E-state index contributed by atoms with van der Waals surface area (Å²) in [6.07, 6.45) is 3.56. The molecule has 3 aromatic rings. The van der Waals surface area contributed by atoms with Crippen molar-refractivity contribution in [3.8, 4) is 11.4 Å². The van der Waals surface area contributed by atoms with Crippen LogP contribution in [0, 0.1) is 0 Å². The second kappa shape index (κ2) is 5.95. The highest BCUT2D eigenvalue weighted by atomic mass is 35.5. The number of halogens is 1. The van der Waals surface area contributed by atoms with Crippen molar-refractivity contribution >= 4 is 41.3 Å². The van der Waals surface area contributed by atoms with Crippen molar-refractivity contribution in [1.82, 2.24) is 24.8 Å². The van der Waals surface area contributed by atoms with E-state index in [-0.39, 0.29) is 0 Å². The van der Waals surface area contributed by atoms with E-state index in [1.807, 2.05) is 36.6 Å². The standard InChI is InChI=1S/C14H9ClN6S2/c1-22-13-17-10(15)9-7-16-21-11(8-5-3-2-4-6-8)19-20-14(21)23-12(9)18-13/h2-7H,1H3. The van der Waals surface area contributed by atoms with E-state index in [1.54, 1.807) is 10.9 Å². The average Bonchev–Trinajstić information content (AvgIpc) is 2.88. The molecule has 0 saturated heterocycles. The Bertz CT molecular complexity index is 909. The van der Waals surface area contributed by atoms with Gasteiger partial charge in [-0.15, -0.1) is 10.2 Å². The molecule has 0 N–H and O–H groups in total. The monoisotopic (exact) mass is 360 g/mol. The minimum absolute atomic E-state index is 0.385. The summed E-state index contributed by atoms with van der Waals surface area (Å²) >= 11 is 9.07. The normalized spacial score (nSPS) is 12.6. The number of hydrogen-bond donors (Lipinski definition) is 0. The number of rotatable bonds is 2. The molecule has 1 aromatic carbocycles. The van der Waals surface area contributed by atoms with Crippen molar-refractivity contribution in [2.24, 2.45) is 5.10 Å². The summed E-state index contributed by atoms with van der Waals surface area (Å²) in [7, 11) is 0. The highest BCUT2D eigenvalue weighted by Gasteiger charge is 2.21. The van der Waals surface area contributed by atoms with Gasteiger partial charge in [-0.05, 0) is 18.0 Å². The zero-order valence-electron chi connectivity index (χ0n) is 11.8. The third-order valence-electron chi connectivity index (χ3n) is 3.16. The average molecular weight is 361 g/mol. The molecule has 0 fully saturated rings. The third-order valence-corrected chi connectivity index (χ3v) is 4.94. The van der Waals surface area contributed by atoms with Gasteiger partial charge in [-0.2, -0.15) is 9.78 Å². The van der Waals surface area contributed by atoms with E-state index >= 15 is 0 Å². The van der Waals surface area contributed by atoms with Crippen molar-refractivity contribution in [3.63, 3.8) is 0 Å². The van der Waals surface area contributed by atoms with Gasteiger partial charge in [0.1, 0.15) is 10.2 Å². The fourth-order valence-corrected chi connectivity index (χ4v) is 3.70. The molecule has 0 amide bonds. The summed E-state index contributed by atoms with van der Waals surface area (Å²) in [6, 6.07) is 9.79. The van der Waals surface area contributed by atoms with Gasteiger partial charge in [-0.1, -0.05) is 53.7 Å². The second-order valence-corrected chi connectivity index (χ2v) is 6.64. The number of nitrogens with zero attached hydrogens (tertiary/aromatic N) is 6. The summed E-state index contributed by atoms with van der Waals surface area (Å²) in [5.74, 6) is 0.673. The van der Waals surface area contributed by atoms with Gasteiger partial charge in [0.05, 0.1) is 11.8 Å². The number of thioether (sulfide) groups is 1. The van der Waals surface area contributed by atoms with Crippen LogP contribution in [0.1, 0.15) is 5.56 Å². The highest BCUT2D eigenvalue weighted by molar-refractivity contribution is 7.99. The molecule has 2 aromatic heterocycles. The lowest BCUT2D eigenvalue weighted by Gasteiger charge is -2.04. The minimum atomic E-state index is 0.385. The molecule has 1 aliphatic heterocycles. The first-order valence-corrected chi connectivity index (χ1v) is 9.03. The Morgan fingerprint density at radius 2 is 1.96 bits per heavy atom. The van der Waals surface area contributed by atoms with Gasteiger partial charge in [0.25, 0.3) is 0 Å². The Morgan fingerprint density at radius 1 is 1.13 bits per heavy atom. The zero-order chi connectivity index (χ0) is 15.8. The Balaban J connectivity index is 1.84. The van der Waals surface area contributed by atoms with Crippen LogP contribution in [0.5, 0.6) is 0 Å². The molecule has 0 radical (unpaired) electrons. The van der Waals surface area contributed by atoms with Crippen molar-refractivity contribution in [1.29, 1.82) is 0 Å². The Morgan fingerprint density at radius 3 is 2.74 bits per heavy atom. The summed E-state index contributed by atoms with van der Waals surface area (Å²) in [6.45, 7) is 0. The predicted molar refractivity (Wildman–Crippen MR) is 91.4 cm³/mol. The van der Waals surface area contributed by atoms with Crippen molar-refractivity contribution in [2.45, 2.75) is 15.3 Å². The van der Waals surface area contributed by atoms with Crippen LogP contribution in [0.2, 0.25) is 5.15 Å². The molecule has 23 heavy (non-hydrogen) atoms. The molecule has 9 heteroatoms. The number of benzene rings is 1. The lowest BCUT2D eigenvalue weighted by Crippen LogP contribution is -1.97. The van der Waals surface area contributed by atoms with E-state index in [0.717, 1.165) is 10.6 Å². The van der Waals surface area contributed by atoms with E-state index < -0.39 is 0 Å². The first-order chi connectivity index (χ1) is 11.3. The van der Waals surface area contributed by atoms with Gasteiger partial charge < -0.3 is 0 Å². The van der Waals surface area contributed by atoms with E-state index in [4.69, 9.17) is 11.6 Å². The molecule has 0 bridgehead atoms. The van der Waals surface area contributed by atoms with Crippen LogP contribution in [-0.2, 0) is 0 Å². The molecule has 0 aliphatic carbocycles. The molecule has 0 spiro atoms. The van der Waals surface area contributed by atoms with E-state index in [9.17, 15) is 0 Å². The summed E-state index contributed by atoms with van der Waals surface area (Å²) in [5.41, 5.74) is 1.64. The third kappa shape index (κ3) is 2.62. The zero-order valence-corrected chi connectivity index (χ0v) is 14.2. The quantitative estimate of drug-likeness (QED) is 0.310. The predicted octanol–water partition coefficient (Wildman–Crippen LogP) is 3.46. The van der Waals surface area contributed by atoms with Crippen LogP contribution in [-0.4, -0.2) is 37.3 Å². The first-order valence-electron chi connectivity index (χ1n) is 6.61. The molecule has 0 unspecified atom stereocenters. The topological polar surface area (TPSA) is 68.8 Å². The minimum Gasteiger partial charge on any atom is -0.215 e. The number of hydrogen-bond acceptors (Lipinski definition) is 7. The van der Waals surface area contributed by atoms with Gasteiger partial charge in [0.15, 0.2) is 11.0 Å². The maximum Gasteiger partial charge on any atom is 0.218 e. The smallest absolute Gasteiger partial charge is 0.215 e. The van der Waals surface area contributed by atoms with Gasteiger partial charge in [-0.3, -0.25) is 0 Å². The summed E-state index contributed by atoms with van der Waals surface area (Å²) in [4.78, 5) is 8.73. The van der Waals surface area contributed by atoms with Gasteiger partial charge in [0, 0.05) is 5.56 Å². The molecule has 3 heterocycles. The molecule has 4 rings (SSSR count). The van der Waals surface area contributed by atoms with Gasteiger partial charge in [0.2, 0.25) is 5.16 Å². The largest absolute Gasteiger partial charge is 0.218 e. The molecule has 114 valence electrons. The lowest BCUT2D eigenvalue weighted by molar-refractivity contribution is 0.775. The number of aromatic nitrogens is 5. The Labute approximate surface area is 145 Å². The molecular formula is C14H9ClN6S2. The van der Waals surface area contributed by atoms with Crippen LogP contribution in [0.4, 0.5) is 0 Å². The van der Waals surface area contributed by atoms with Crippen LogP contribution < -0.4 is 0 Å². The van der Waals surface area contributed by atoms with Crippen LogP contribution >= 0.6 is 35.1 Å². The summed E-state index contributed by atoms with van der Waals surface area (Å²) < 4.78 is 1.69.